The number of rotatable bonds is 11. The van der Waals surface area contributed by atoms with Gasteiger partial charge in [-0.05, 0) is 24.1 Å². The highest BCUT2D eigenvalue weighted by molar-refractivity contribution is 8.00. The molecular weight excluding hydrogens is 468 g/mol. The average Bonchev–Trinajstić information content (AvgIpc) is 3.22. The molecule has 0 saturated heterocycles. The highest BCUT2D eigenvalue weighted by atomic mass is 32.2. The lowest BCUT2D eigenvalue weighted by atomic mass is 10.2. The van der Waals surface area contributed by atoms with E-state index in [1.54, 1.807) is 36.0 Å². The van der Waals surface area contributed by atoms with Crippen molar-refractivity contribution >= 4 is 49.8 Å². The fraction of sp³-hybridized carbons (Fsp3) is 0.286. The number of carbonyl (C=O) groups is 1. The van der Waals surface area contributed by atoms with Crippen molar-refractivity contribution in [1.82, 2.24) is 10.2 Å². The Morgan fingerprint density at radius 1 is 1.16 bits per heavy atom. The van der Waals surface area contributed by atoms with Gasteiger partial charge in [0, 0.05) is 24.8 Å². The molecule has 0 radical (unpaired) electrons. The molecule has 1 aromatic heterocycles. The number of aromatic nitrogens is 2. The van der Waals surface area contributed by atoms with Crippen molar-refractivity contribution < 1.29 is 17.9 Å². The summed E-state index contributed by atoms with van der Waals surface area (Å²) in [5.74, 6) is 1.10. The molecule has 1 N–H and O–H groups in total. The summed E-state index contributed by atoms with van der Waals surface area (Å²) in [6.07, 6.45) is 1.65. The fourth-order valence-electron chi connectivity index (χ4n) is 2.85. The summed E-state index contributed by atoms with van der Waals surface area (Å²) in [6.45, 7) is 0.174. The maximum atomic E-state index is 12.3. The third kappa shape index (κ3) is 7.21. The Bertz CT molecular complexity index is 1140. The van der Waals surface area contributed by atoms with Gasteiger partial charge < -0.3 is 10.1 Å². The zero-order valence-electron chi connectivity index (χ0n) is 17.7. The van der Waals surface area contributed by atoms with Gasteiger partial charge in [0.1, 0.15) is 5.75 Å². The molecule has 0 aliphatic rings. The first kappa shape index (κ1) is 24.0. The largest absolute Gasteiger partial charge is 0.497 e. The second kappa shape index (κ2) is 11.3. The first-order chi connectivity index (χ1) is 15.3. The van der Waals surface area contributed by atoms with Gasteiger partial charge in [0.25, 0.3) is 0 Å². The monoisotopic (exact) mass is 492 g/mol. The zero-order chi connectivity index (χ0) is 23.0. The molecule has 170 valence electrons. The minimum atomic E-state index is -3.50. The highest BCUT2D eigenvalue weighted by Crippen LogP contribution is 2.28. The van der Waals surface area contributed by atoms with Gasteiger partial charge in [-0.1, -0.05) is 59.5 Å². The molecule has 0 atom stereocenters. The lowest BCUT2D eigenvalue weighted by Crippen LogP contribution is -2.31. The summed E-state index contributed by atoms with van der Waals surface area (Å²) in [6, 6.07) is 16.8. The second-order valence-electron chi connectivity index (χ2n) is 6.84. The van der Waals surface area contributed by atoms with Crippen LogP contribution < -0.4 is 14.4 Å². The van der Waals surface area contributed by atoms with Gasteiger partial charge in [0.05, 0.1) is 19.1 Å². The number of hydrogen-bond donors (Lipinski definition) is 1. The van der Waals surface area contributed by atoms with Gasteiger partial charge in [-0.2, -0.15) is 0 Å². The van der Waals surface area contributed by atoms with E-state index in [2.05, 4.69) is 15.5 Å². The van der Waals surface area contributed by atoms with Crippen molar-refractivity contribution in [3.05, 3.63) is 60.2 Å². The summed E-state index contributed by atoms with van der Waals surface area (Å²) < 4.78 is 31.7. The molecule has 2 aromatic carbocycles. The van der Waals surface area contributed by atoms with Gasteiger partial charge in [-0.25, -0.2) is 8.42 Å². The Kier molecular flexibility index (Phi) is 8.48. The van der Waals surface area contributed by atoms with Crippen LogP contribution in [-0.4, -0.2) is 44.4 Å². The van der Waals surface area contributed by atoms with Crippen molar-refractivity contribution in [2.45, 2.75) is 22.9 Å². The molecule has 0 aliphatic heterocycles. The van der Waals surface area contributed by atoms with Crippen molar-refractivity contribution in [3.8, 4) is 5.75 Å². The van der Waals surface area contributed by atoms with Crippen molar-refractivity contribution in [3.63, 3.8) is 0 Å². The smallest absolute Gasteiger partial charge is 0.232 e. The van der Waals surface area contributed by atoms with E-state index < -0.39 is 10.0 Å². The maximum absolute atomic E-state index is 12.3. The predicted octanol–water partition coefficient (Wildman–Crippen LogP) is 4.02. The van der Waals surface area contributed by atoms with E-state index in [-0.39, 0.29) is 18.9 Å². The Balaban J connectivity index is 1.50. The third-order valence-corrected chi connectivity index (χ3v) is 7.60. The van der Waals surface area contributed by atoms with Crippen LogP contribution in [0.3, 0.4) is 0 Å². The standard InChI is InChI=1S/C21H24N4O4S3/c1-29-18-11-6-10-17(14-18)25(32(2,27)28)13-7-12-19(26)22-20-23-24-21(31-20)30-15-16-8-4-3-5-9-16/h3-6,8-11,14H,7,12-13,15H2,1-2H3,(H,22,23,26). The van der Waals surface area contributed by atoms with E-state index >= 15 is 0 Å². The minimum absolute atomic E-state index is 0.155. The number of nitrogens with zero attached hydrogens (tertiary/aromatic N) is 3. The summed E-state index contributed by atoms with van der Waals surface area (Å²) >= 11 is 2.87. The first-order valence-corrected chi connectivity index (χ1v) is 13.4. The van der Waals surface area contributed by atoms with E-state index in [4.69, 9.17) is 4.74 Å². The van der Waals surface area contributed by atoms with E-state index in [1.165, 1.54) is 28.3 Å². The van der Waals surface area contributed by atoms with E-state index in [0.29, 0.717) is 23.0 Å². The topological polar surface area (TPSA) is 101 Å². The van der Waals surface area contributed by atoms with Crippen LogP contribution in [0.25, 0.3) is 0 Å². The predicted molar refractivity (Wildman–Crippen MR) is 129 cm³/mol. The minimum Gasteiger partial charge on any atom is -0.497 e. The molecule has 1 heterocycles. The molecular formula is C21H24N4O4S3. The number of carbonyl (C=O) groups excluding carboxylic acids is 1. The molecule has 8 nitrogen and oxygen atoms in total. The van der Waals surface area contributed by atoms with Gasteiger partial charge in [-0.15, -0.1) is 10.2 Å². The molecule has 0 unspecified atom stereocenters. The van der Waals surface area contributed by atoms with Crippen LogP contribution in [0.15, 0.2) is 58.9 Å². The number of anilines is 2. The number of amides is 1. The number of benzene rings is 2. The Morgan fingerprint density at radius 2 is 1.94 bits per heavy atom. The van der Waals surface area contributed by atoms with Crippen LogP contribution in [0.5, 0.6) is 5.75 Å². The van der Waals surface area contributed by atoms with Crippen LogP contribution >= 0.6 is 23.1 Å². The second-order valence-corrected chi connectivity index (χ2v) is 10.9. The summed E-state index contributed by atoms with van der Waals surface area (Å²) in [5.41, 5.74) is 1.68. The van der Waals surface area contributed by atoms with Gasteiger partial charge >= 0.3 is 0 Å². The number of thioether (sulfide) groups is 1. The fourth-order valence-corrected chi connectivity index (χ4v) is 5.54. The van der Waals surface area contributed by atoms with Gasteiger partial charge in [-0.3, -0.25) is 9.10 Å². The normalized spacial score (nSPS) is 11.2. The lowest BCUT2D eigenvalue weighted by Gasteiger charge is -2.22. The molecule has 3 rings (SSSR count). The highest BCUT2D eigenvalue weighted by Gasteiger charge is 2.18. The number of methoxy groups -OCH3 is 1. The summed E-state index contributed by atoms with van der Waals surface area (Å²) in [7, 11) is -1.98. The molecule has 0 saturated carbocycles. The van der Waals surface area contributed by atoms with E-state index in [9.17, 15) is 13.2 Å². The SMILES string of the molecule is COc1cccc(N(CCCC(=O)Nc2nnc(SCc3ccccc3)s2)S(C)(=O)=O)c1. The summed E-state index contributed by atoms with van der Waals surface area (Å²) in [4.78, 5) is 12.3. The number of ether oxygens (including phenoxy) is 1. The number of nitrogens with one attached hydrogen (secondary N) is 1. The Labute approximate surface area is 196 Å². The summed E-state index contributed by atoms with van der Waals surface area (Å²) in [5, 5.41) is 11.3. The van der Waals surface area contributed by atoms with Crippen LogP contribution in [-0.2, 0) is 20.6 Å². The molecule has 3 aromatic rings. The van der Waals surface area contributed by atoms with E-state index in [0.717, 1.165) is 16.3 Å². The molecule has 0 fully saturated rings. The lowest BCUT2D eigenvalue weighted by molar-refractivity contribution is -0.116. The Morgan fingerprint density at radius 3 is 2.66 bits per heavy atom. The van der Waals surface area contributed by atoms with Crippen molar-refractivity contribution in [2.75, 3.05) is 29.5 Å². The van der Waals surface area contributed by atoms with E-state index in [1.807, 2.05) is 30.3 Å². The maximum Gasteiger partial charge on any atom is 0.232 e. The first-order valence-electron chi connectivity index (χ1n) is 9.77. The van der Waals surface area contributed by atoms with Crippen molar-refractivity contribution in [2.24, 2.45) is 0 Å². The molecule has 0 bridgehead atoms. The quantitative estimate of drug-likeness (QED) is 0.319. The molecule has 32 heavy (non-hydrogen) atoms. The molecule has 0 spiro atoms. The number of sulfonamides is 1. The average molecular weight is 493 g/mol. The molecule has 11 heteroatoms. The van der Waals surface area contributed by atoms with Gasteiger partial charge in [0.15, 0.2) is 4.34 Å². The van der Waals surface area contributed by atoms with Gasteiger partial charge in [0.2, 0.25) is 21.1 Å². The zero-order valence-corrected chi connectivity index (χ0v) is 20.2. The number of hydrogen-bond acceptors (Lipinski definition) is 8. The third-order valence-electron chi connectivity index (χ3n) is 4.36. The van der Waals surface area contributed by atoms with Crippen LogP contribution in [0.4, 0.5) is 10.8 Å². The Hall–Kier alpha value is -2.63. The van der Waals surface area contributed by atoms with Crippen LogP contribution in [0, 0.1) is 0 Å². The molecule has 1 amide bonds. The van der Waals surface area contributed by atoms with Crippen molar-refractivity contribution in [1.29, 1.82) is 0 Å². The van der Waals surface area contributed by atoms with Crippen LogP contribution in [0.1, 0.15) is 18.4 Å². The van der Waals surface area contributed by atoms with Crippen LogP contribution in [0.2, 0.25) is 0 Å². The molecule has 0 aliphatic carbocycles.